The number of rotatable bonds is 3. The second-order valence-corrected chi connectivity index (χ2v) is 5.30. The van der Waals surface area contributed by atoms with Crippen molar-refractivity contribution in [1.29, 1.82) is 5.26 Å². The highest BCUT2D eigenvalue weighted by Gasteiger charge is 2.26. The minimum absolute atomic E-state index is 0.164. The van der Waals surface area contributed by atoms with Crippen molar-refractivity contribution in [3.8, 4) is 22.9 Å². The average Bonchev–Trinajstić information content (AvgIpc) is 2.95. The number of hydrogen-bond donors (Lipinski definition) is 0. The second kappa shape index (κ2) is 5.80. The molecule has 5 heteroatoms. The Hall–Kier alpha value is -2.96. The number of nitriles is 1. The van der Waals surface area contributed by atoms with Crippen LogP contribution in [0.5, 0.6) is 5.75 Å². The average molecular weight is 290 g/mol. The predicted octanol–water partition coefficient (Wildman–Crippen LogP) is 4.15. The summed E-state index contributed by atoms with van der Waals surface area (Å²) >= 11 is 0. The Morgan fingerprint density at radius 1 is 1.36 bits per heavy atom. The fourth-order valence-electron chi connectivity index (χ4n) is 2.80. The molecule has 0 saturated heterocycles. The second-order valence-electron chi connectivity index (χ2n) is 5.30. The van der Waals surface area contributed by atoms with Crippen molar-refractivity contribution < 1.29 is 4.74 Å². The first-order chi connectivity index (χ1) is 10.7. The van der Waals surface area contributed by atoms with E-state index in [4.69, 9.17) is 10.3 Å². The van der Waals surface area contributed by atoms with Crippen LogP contribution in [0.3, 0.4) is 0 Å². The van der Waals surface area contributed by atoms with Crippen molar-refractivity contribution >= 4 is 0 Å². The first-order valence-corrected chi connectivity index (χ1v) is 7.03. The van der Waals surface area contributed by atoms with E-state index in [2.05, 4.69) is 16.1 Å². The molecule has 2 aromatic carbocycles. The van der Waals surface area contributed by atoms with E-state index in [9.17, 15) is 5.26 Å². The molecule has 0 spiro atoms. The van der Waals surface area contributed by atoms with E-state index in [1.807, 2.05) is 43.3 Å². The van der Waals surface area contributed by atoms with Gasteiger partial charge in [-0.05, 0) is 41.3 Å². The lowest BCUT2D eigenvalue weighted by Crippen LogP contribution is -2.16. The number of fused-ring (bicyclic) bond motifs is 1. The molecule has 0 aliphatic carbocycles. The highest BCUT2D eigenvalue weighted by Crippen LogP contribution is 2.41. The van der Waals surface area contributed by atoms with Crippen LogP contribution in [0.4, 0.5) is 0 Å². The van der Waals surface area contributed by atoms with Crippen LogP contribution in [-0.2, 0) is 6.42 Å². The quantitative estimate of drug-likeness (QED) is 0.483. The van der Waals surface area contributed by atoms with Crippen LogP contribution in [0, 0.1) is 18.3 Å². The Bertz CT molecular complexity index is 816. The number of ether oxygens (including phenoxy) is 1. The van der Waals surface area contributed by atoms with E-state index in [0.717, 1.165) is 28.0 Å². The third-order valence-electron chi connectivity index (χ3n) is 3.81. The third kappa shape index (κ3) is 2.48. The summed E-state index contributed by atoms with van der Waals surface area (Å²) in [6, 6.07) is 13.9. The Morgan fingerprint density at radius 2 is 2.18 bits per heavy atom. The van der Waals surface area contributed by atoms with Crippen molar-refractivity contribution in [2.45, 2.75) is 19.4 Å². The van der Waals surface area contributed by atoms with E-state index in [-0.39, 0.29) is 6.10 Å². The Labute approximate surface area is 128 Å². The summed E-state index contributed by atoms with van der Waals surface area (Å²) in [6.07, 6.45) is 0.491. The maximum atomic E-state index is 9.26. The molecule has 5 nitrogen and oxygen atoms in total. The molecule has 0 bridgehead atoms. The standard InChI is InChI=1S/C17H14N4O/c1-11-4-2-3-5-15(11)16-7-12(9-18)6-13-8-14(10-20-21-19)22-17(13)16/h2-7,14H,8,10H2,1H3. The van der Waals surface area contributed by atoms with Crippen molar-refractivity contribution in [2.75, 3.05) is 6.54 Å². The first kappa shape index (κ1) is 14.0. The van der Waals surface area contributed by atoms with Gasteiger partial charge in [-0.2, -0.15) is 5.26 Å². The van der Waals surface area contributed by atoms with Crippen LogP contribution in [0.15, 0.2) is 41.5 Å². The largest absolute Gasteiger partial charge is 0.489 e. The number of aryl methyl sites for hydroxylation is 1. The third-order valence-corrected chi connectivity index (χ3v) is 3.81. The van der Waals surface area contributed by atoms with Crippen LogP contribution in [0.2, 0.25) is 0 Å². The molecule has 1 unspecified atom stereocenters. The summed E-state index contributed by atoms with van der Waals surface area (Å²) in [7, 11) is 0. The molecule has 0 saturated carbocycles. The van der Waals surface area contributed by atoms with Crippen LogP contribution in [-0.4, -0.2) is 12.6 Å². The van der Waals surface area contributed by atoms with Gasteiger partial charge in [0.15, 0.2) is 0 Å². The van der Waals surface area contributed by atoms with E-state index >= 15 is 0 Å². The van der Waals surface area contributed by atoms with Crippen molar-refractivity contribution in [3.05, 3.63) is 63.5 Å². The topological polar surface area (TPSA) is 81.8 Å². The van der Waals surface area contributed by atoms with Crippen molar-refractivity contribution in [2.24, 2.45) is 5.11 Å². The summed E-state index contributed by atoms with van der Waals surface area (Å²) < 4.78 is 5.97. The molecular weight excluding hydrogens is 276 g/mol. The SMILES string of the molecule is Cc1ccccc1-c1cc(C#N)cc2c1OC(CN=[N+]=[N-])C2. The van der Waals surface area contributed by atoms with Gasteiger partial charge in [0.25, 0.3) is 0 Å². The summed E-state index contributed by atoms with van der Waals surface area (Å²) in [5, 5.41) is 12.8. The summed E-state index contributed by atoms with van der Waals surface area (Å²) in [5.74, 6) is 0.798. The van der Waals surface area contributed by atoms with E-state index in [0.29, 0.717) is 18.5 Å². The Morgan fingerprint density at radius 3 is 2.91 bits per heavy atom. The van der Waals surface area contributed by atoms with E-state index < -0.39 is 0 Å². The zero-order valence-corrected chi connectivity index (χ0v) is 12.2. The minimum atomic E-state index is -0.164. The summed E-state index contributed by atoms with van der Waals surface area (Å²) in [6.45, 7) is 2.33. The molecule has 0 amide bonds. The minimum Gasteiger partial charge on any atom is -0.489 e. The van der Waals surface area contributed by atoms with Crippen LogP contribution in [0.1, 0.15) is 16.7 Å². The maximum Gasteiger partial charge on any atom is 0.130 e. The molecule has 1 aliphatic rings. The van der Waals surface area contributed by atoms with Gasteiger partial charge < -0.3 is 4.74 Å². The molecule has 3 rings (SSSR count). The molecule has 2 aromatic rings. The predicted molar refractivity (Wildman–Crippen MR) is 83.5 cm³/mol. The molecule has 108 valence electrons. The highest BCUT2D eigenvalue weighted by molar-refractivity contribution is 5.77. The lowest BCUT2D eigenvalue weighted by atomic mass is 9.95. The van der Waals surface area contributed by atoms with Gasteiger partial charge in [0.1, 0.15) is 11.9 Å². The molecule has 1 aliphatic heterocycles. The van der Waals surface area contributed by atoms with Crippen LogP contribution in [0.25, 0.3) is 21.6 Å². The fraction of sp³-hybridized carbons (Fsp3) is 0.235. The lowest BCUT2D eigenvalue weighted by Gasteiger charge is -2.13. The van der Waals surface area contributed by atoms with E-state index in [1.165, 1.54) is 0 Å². The maximum absolute atomic E-state index is 9.26. The molecule has 0 radical (unpaired) electrons. The van der Waals surface area contributed by atoms with Gasteiger partial charge in [-0.1, -0.05) is 29.4 Å². The van der Waals surface area contributed by atoms with Crippen LogP contribution >= 0.6 is 0 Å². The first-order valence-electron chi connectivity index (χ1n) is 7.03. The monoisotopic (exact) mass is 290 g/mol. The van der Waals surface area contributed by atoms with Gasteiger partial charge in [-0.3, -0.25) is 0 Å². The number of hydrogen-bond acceptors (Lipinski definition) is 3. The fourth-order valence-corrected chi connectivity index (χ4v) is 2.80. The van der Waals surface area contributed by atoms with Crippen LogP contribution < -0.4 is 4.74 Å². The molecule has 0 N–H and O–H groups in total. The zero-order valence-electron chi connectivity index (χ0n) is 12.2. The molecule has 22 heavy (non-hydrogen) atoms. The van der Waals surface area contributed by atoms with Crippen molar-refractivity contribution in [1.82, 2.24) is 0 Å². The normalized spacial score (nSPS) is 15.4. The van der Waals surface area contributed by atoms with E-state index in [1.54, 1.807) is 0 Å². The summed E-state index contributed by atoms with van der Waals surface area (Å²) in [5.41, 5.74) is 13.2. The number of nitrogens with zero attached hydrogens (tertiary/aromatic N) is 4. The Kier molecular flexibility index (Phi) is 3.69. The molecule has 1 heterocycles. The molecular formula is C17H14N4O. The van der Waals surface area contributed by atoms with Gasteiger partial charge >= 0.3 is 0 Å². The number of azide groups is 1. The Balaban J connectivity index is 2.10. The van der Waals surface area contributed by atoms with Gasteiger partial charge in [-0.25, -0.2) is 0 Å². The highest BCUT2D eigenvalue weighted by atomic mass is 16.5. The van der Waals surface area contributed by atoms with Gasteiger partial charge in [0, 0.05) is 16.9 Å². The van der Waals surface area contributed by atoms with Crippen molar-refractivity contribution in [3.63, 3.8) is 0 Å². The molecule has 0 fully saturated rings. The van der Waals surface area contributed by atoms with Gasteiger partial charge in [-0.15, -0.1) is 0 Å². The smallest absolute Gasteiger partial charge is 0.130 e. The zero-order chi connectivity index (χ0) is 15.5. The van der Waals surface area contributed by atoms with Gasteiger partial charge in [0.05, 0.1) is 18.2 Å². The number of benzene rings is 2. The van der Waals surface area contributed by atoms with Gasteiger partial charge in [0.2, 0.25) is 0 Å². The lowest BCUT2D eigenvalue weighted by molar-refractivity contribution is 0.242. The summed E-state index contributed by atoms with van der Waals surface area (Å²) in [4.78, 5) is 2.78. The molecule has 0 aromatic heterocycles. The molecule has 1 atom stereocenters.